The molecule has 19 heavy (non-hydrogen) atoms. The second kappa shape index (κ2) is 5.57. The van der Waals surface area contributed by atoms with E-state index in [9.17, 15) is 0 Å². The van der Waals surface area contributed by atoms with E-state index >= 15 is 0 Å². The number of rotatable bonds is 4. The summed E-state index contributed by atoms with van der Waals surface area (Å²) >= 11 is 0. The molecule has 0 fully saturated rings. The molecule has 0 spiro atoms. The minimum absolute atomic E-state index is 0.394. The minimum Gasteiger partial charge on any atom is -0.323 e. The van der Waals surface area contributed by atoms with Gasteiger partial charge in [-0.25, -0.2) is 0 Å². The molecule has 0 aliphatic carbocycles. The van der Waals surface area contributed by atoms with Crippen LogP contribution in [0.4, 0.5) is 5.69 Å². The summed E-state index contributed by atoms with van der Waals surface area (Å²) in [5.41, 5.74) is 7.18. The van der Waals surface area contributed by atoms with Gasteiger partial charge in [-0.05, 0) is 42.0 Å². The van der Waals surface area contributed by atoms with E-state index in [1.54, 1.807) is 0 Å². The average molecular weight is 257 g/mol. The summed E-state index contributed by atoms with van der Waals surface area (Å²) in [6.45, 7) is 8.73. The quantitative estimate of drug-likeness (QED) is 0.639. The zero-order valence-electron chi connectivity index (χ0n) is 12.2. The average Bonchev–Trinajstić information content (AvgIpc) is 2.44. The molecule has 1 atom stereocenters. The van der Waals surface area contributed by atoms with Crippen molar-refractivity contribution in [2.75, 3.05) is 5.43 Å². The number of nitrogens with one attached hydrogen (secondary N) is 1. The fourth-order valence-electron chi connectivity index (χ4n) is 2.22. The van der Waals surface area contributed by atoms with Gasteiger partial charge in [-0.2, -0.15) is 0 Å². The molecule has 0 bridgehead atoms. The first-order valence-electron chi connectivity index (χ1n) is 6.98. The topological polar surface area (TPSA) is 50.9 Å². The first-order valence-corrected chi connectivity index (χ1v) is 6.98. The van der Waals surface area contributed by atoms with Crippen LogP contribution >= 0.6 is 0 Å². The van der Waals surface area contributed by atoms with Crippen LogP contribution in [0, 0.1) is 0 Å². The van der Waals surface area contributed by atoms with Crippen LogP contribution in [0.2, 0.25) is 0 Å². The lowest BCUT2D eigenvalue weighted by molar-refractivity contribution is 0.734. The van der Waals surface area contributed by atoms with Gasteiger partial charge in [0.15, 0.2) is 0 Å². The number of hydrazine groups is 1. The van der Waals surface area contributed by atoms with Crippen molar-refractivity contribution < 1.29 is 0 Å². The Balaban J connectivity index is 2.62. The van der Waals surface area contributed by atoms with Gasteiger partial charge < -0.3 is 5.43 Å². The van der Waals surface area contributed by atoms with Crippen molar-refractivity contribution in [1.29, 1.82) is 0 Å². The molecular formula is C16H23N3. The second-order valence-electron chi connectivity index (χ2n) is 5.48. The number of benzene rings is 1. The third-order valence-electron chi connectivity index (χ3n) is 3.78. The van der Waals surface area contributed by atoms with E-state index in [-0.39, 0.29) is 0 Å². The van der Waals surface area contributed by atoms with E-state index in [1.807, 2.05) is 6.07 Å². The Morgan fingerprint density at radius 3 is 2.53 bits per heavy atom. The van der Waals surface area contributed by atoms with Crippen molar-refractivity contribution in [3.8, 4) is 0 Å². The van der Waals surface area contributed by atoms with Crippen molar-refractivity contribution in [3.63, 3.8) is 0 Å². The van der Waals surface area contributed by atoms with Crippen LogP contribution in [0.25, 0.3) is 10.9 Å². The van der Waals surface area contributed by atoms with Crippen molar-refractivity contribution >= 4 is 16.6 Å². The van der Waals surface area contributed by atoms with Crippen LogP contribution in [0.15, 0.2) is 24.3 Å². The van der Waals surface area contributed by atoms with Crippen molar-refractivity contribution in [2.45, 2.75) is 46.0 Å². The molecule has 1 unspecified atom stereocenters. The van der Waals surface area contributed by atoms with Gasteiger partial charge in [-0.1, -0.05) is 33.8 Å². The lowest BCUT2D eigenvalue weighted by Gasteiger charge is -2.14. The Morgan fingerprint density at radius 2 is 1.95 bits per heavy atom. The molecule has 2 aromatic rings. The fourth-order valence-corrected chi connectivity index (χ4v) is 2.22. The number of anilines is 1. The maximum absolute atomic E-state index is 5.67. The Kier molecular flexibility index (Phi) is 4.05. The lowest BCUT2D eigenvalue weighted by atomic mass is 9.96. The number of fused-ring (bicyclic) bond motifs is 1. The van der Waals surface area contributed by atoms with E-state index in [0.717, 1.165) is 28.7 Å². The minimum atomic E-state index is 0.394. The predicted molar refractivity (Wildman–Crippen MR) is 82.3 cm³/mol. The Morgan fingerprint density at radius 1 is 1.21 bits per heavy atom. The fraction of sp³-hybridized carbons (Fsp3) is 0.438. The first-order chi connectivity index (χ1) is 9.06. The zero-order chi connectivity index (χ0) is 14.0. The molecule has 2 rings (SSSR count). The predicted octanol–water partition coefficient (Wildman–Crippen LogP) is 4.16. The maximum atomic E-state index is 5.67. The van der Waals surface area contributed by atoms with E-state index < -0.39 is 0 Å². The van der Waals surface area contributed by atoms with Gasteiger partial charge in [0.05, 0.1) is 11.2 Å². The van der Waals surface area contributed by atoms with Gasteiger partial charge in [0.25, 0.3) is 0 Å². The highest BCUT2D eigenvalue weighted by Gasteiger charge is 2.10. The van der Waals surface area contributed by atoms with Crippen molar-refractivity contribution in [2.24, 2.45) is 5.84 Å². The van der Waals surface area contributed by atoms with Gasteiger partial charge in [0, 0.05) is 11.1 Å². The Hall–Kier alpha value is -1.61. The number of pyridine rings is 1. The summed E-state index contributed by atoms with van der Waals surface area (Å²) in [4.78, 5) is 4.71. The summed E-state index contributed by atoms with van der Waals surface area (Å²) in [6, 6.07) is 8.53. The van der Waals surface area contributed by atoms with Gasteiger partial charge in [-0.3, -0.25) is 10.8 Å². The van der Waals surface area contributed by atoms with Crippen LogP contribution in [-0.2, 0) is 0 Å². The molecule has 0 saturated carbocycles. The highest BCUT2D eigenvalue weighted by Crippen LogP contribution is 2.29. The van der Waals surface area contributed by atoms with Crippen molar-refractivity contribution in [3.05, 3.63) is 35.5 Å². The van der Waals surface area contributed by atoms with Crippen LogP contribution in [0.3, 0.4) is 0 Å². The largest absolute Gasteiger partial charge is 0.323 e. The van der Waals surface area contributed by atoms with Gasteiger partial charge in [-0.15, -0.1) is 0 Å². The zero-order valence-corrected chi connectivity index (χ0v) is 12.2. The normalized spacial score (nSPS) is 12.9. The molecule has 0 amide bonds. The first kappa shape index (κ1) is 13.8. The maximum Gasteiger partial charge on any atom is 0.0726 e. The monoisotopic (exact) mass is 257 g/mol. The molecule has 1 aromatic heterocycles. The SMILES string of the molecule is CCC(C)c1ccc2nc(C(C)C)cc(NN)c2c1. The molecule has 0 saturated heterocycles. The number of aromatic nitrogens is 1. The summed E-state index contributed by atoms with van der Waals surface area (Å²) < 4.78 is 0. The third kappa shape index (κ3) is 2.71. The molecular weight excluding hydrogens is 234 g/mol. The van der Waals surface area contributed by atoms with Crippen LogP contribution in [0.5, 0.6) is 0 Å². The summed E-state index contributed by atoms with van der Waals surface area (Å²) in [6.07, 6.45) is 1.13. The molecule has 0 aliphatic heterocycles. The molecule has 0 aliphatic rings. The van der Waals surface area contributed by atoms with Gasteiger partial charge >= 0.3 is 0 Å². The van der Waals surface area contributed by atoms with Gasteiger partial charge in [0.2, 0.25) is 0 Å². The van der Waals surface area contributed by atoms with Crippen LogP contribution in [-0.4, -0.2) is 4.98 Å². The molecule has 0 radical (unpaired) electrons. The standard InChI is InChI=1S/C16H23N3/c1-5-11(4)12-6-7-14-13(8-12)16(19-17)9-15(18-14)10(2)3/h6-11H,5,17H2,1-4H3,(H,18,19). The smallest absolute Gasteiger partial charge is 0.0726 e. The molecule has 102 valence electrons. The number of nitrogens with zero attached hydrogens (tertiary/aromatic N) is 1. The lowest BCUT2D eigenvalue weighted by Crippen LogP contribution is -2.09. The number of nitrogens with two attached hydrogens (primary N) is 1. The van der Waals surface area contributed by atoms with E-state index in [0.29, 0.717) is 11.8 Å². The number of hydrogen-bond acceptors (Lipinski definition) is 3. The summed E-state index contributed by atoms with van der Waals surface area (Å²) in [5, 5.41) is 1.10. The highest BCUT2D eigenvalue weighted by atomic mass is 15.2. The molecule has 3 heteroatoms. The summed E-state index contributed by atoms with van der Waals surface area (Å²) in [5.74, 6) is 6.62. The molecule has 3 N–H and O–H groups in total. The van der Waals surface area contributed by atoms with E-state index in [4.69, 9.17) is 10.8 Å². The second-order valence-corrected chi connectivity index (χ2v) is 5.48. The summed E-state index contributed by atoms with van der Waals surface area (Å²) in [7, 11) is 0. The van der Waals surface area contributed by atoms with E-state index in [2.05, 4.69) is 51.3 Å². The van der Waals surface area contributed by atoms with Gasteiger partial charge in [0.1, 0.15) is 0 Å². The van der Waals surface area contributed by atoms with E-state index in [1.165, 1.54) is 5.56 Å². The van der Waals surface area contributed by atoms with Crippen molar-refractivity contribution in [1.82, 2.24) is 4.98 Å². The Bertz CT molecular complexity index is 575. The molecule has 1 aromatic carbocycles. The van der Waals surface area contributed by atoms with Crippen LogP contribution in [0.1, 0.15) is 57.2 Å². The molecule has 1 heterocycles. The number of nitrogen functional groups attached to an aromatic ring is 1. The molecule has 3 nitrogen and oxygen atoms in total. The highest BCUT2D eigenvalue weighted by molar-refractivity contribution is 5.92. The Labute approximate surface area is 115 Å². The number of hydrogen-bond donors (Lipinski definition) is 2. The third-order valence-corrected chi connectivity index (χ3v) is 3.78. The van der Waals surface area contributed by atoms with Crippen LogP contribution < -0.4 is 11.3 Å².